The average molecular weight is 310 g/mol. The van der Waals surface area contributed by atoms with E-state index in [-0.39, 0.29) is 18.3 Å². The third-order valence-electron chi connectivity index (χ3n) is 2.90. The molecule has 0 saturated heterocycles. The Kier molecular flexibility index (Phi) is 4.12. The number of fused-ring (bicyclic) bond motifs is 1. The van der Waals surface area contributed by atoms with Crippen molar-refractivity contribution in [2.24, 2.45) is 0 Å². The summed E-state index contributed by atoms with van der Waals surface area (Å²) < 4.78 is 13.7. The lowest BCUT2D eigenvalue weighted by molar-refractivity contribution is 0.0958. The van der Waals surface area contributed by atoms with Crippen LogP contribution in [0.25, 0.3) is 10.2 Å². The van der Waals surface area contributed by atoms with Gasteiger partial charge < -0.3 is 5.32 Å². The first-order valence-electron chi connectivity index (χ1n) is 6.60. The number of nitrogens with one attached hydrogen (secondary N) is 1. The van der Waals surface area contributed by atoms with Gasteiger partial charge in [0.2, 0.25) is 0 Å². The number of halogens is 1. The Morgan fingerprint density at radius 2 is 1.95 bits per heavy atom. The Balaban J connectivity index is 1.62. The molecule has 1 aromatic heterocycles. The zero-order valence-electron chi connectivity index (χ0n) is 11.5. The molecule has 3 aromatic rings. The second kappa shape index (κ2) is 6.37. The van der Waals surface area contributed by atoms with Crippen LogP contribution in [-0.2, 0) is 0 Å². The Morgan fingerprint density at radius 1 is 1.18 bits per heavy atom. The Bertz CT molecular complexity index is 842. The van der Waals surface area contributed by atoms with Gasteiger partial charge >= 0.3 is 0 Å². The van der Waals surface area contributed by atoms with Crippen LogP contribution in [0.1, 0.15) is 15.4 Å². The van der Waals surface area contributed by atoms with Gasteiger partial charge in [-0.15, -0.1) is 11.3 Å². The van der Waals surface area contributed by atoms with Gasteiger partial charge in [0, 0.05) is 5.56 Å². The molecule has 0 aliphatic rings. The molecule has 1 N–H and O–H groups in total. The van der Waals surface area contributed by atoms with Crippen molar-refractivity contribution in [2.75, 3.05) is 6.54 Å². The molecule has 2 aromatic carbocycles. The molecule has 22 heavy (non-hydrogen) atoms. The third kappa shape index (κ3) is 3.30. The summed E-state index contributed by atoms with van der Waals surface area (Å²) in [7, 11) is 0. The number of carbonyl (C=O) groups excluding carboxylic acids is 1. The molecule has 0 radical (unpaired) electrons. The number of thiazole rings is 1. The zero-order valence-corrected chi connectivity index (χ0v) is 12.3. The molecule has 0 fully saturated rings. The van der Waals surface area contributed by atoms with E-state index in [1.807, 2.05) is 24.3 Å². The Hall–Kier alpha value is -2.71. The smallest absolute Gasteiger partial charge is 0.281 e. The molecule has 0 spiro atoms. The fourth-order valence-electron chi connectivity index (χ4n) is 1.85. The van der Waals surface area contributed by atoms with Crippen molar-refractivity contribution in [3.8, 4) is 11.8 Å². The summed E-state index contributed by atoms with van der Waals surface area (Å²) in [5, 5.41) is 3.12. The fourth-order valence-corrected chi connectivity index (χ4v) is 2.73. The molecule has 3 rings (SSSR count). The van der Waals surface area contributed by atoms with E-state index < -0.39 is 0 Å². The van der Waals surface area contributed by atoms with E-state index in [4.69, 9.17) is 0 Å². The summed E-state index contributed by atoms with van der Waals surface area (Å²) in [6, 6.07) is 13.5. The molecule has 0 bridgehead atoms. The van der Waals surface area contributed by atoms with Crippen molar-refractivity contribution in [1.82, 2.24) is 10.3 Å². The van der Waals surface area contributed by atoms with Crippen LogP contribution in [0, 0.1) is 17.7 Å². The Morgan fingerprint density at radius 3 is 2.73 bits per heavy atom. The van der Waals surface area contributed by atoms with Gasteiger partial charge in [0.15, 0.2) is 5.01 Å². The van der Waals surface area contributed by atoms with Crippen LogP contribution in [0.5, 0.6) is 0 Å². The molecule has 3 nitrogen and oxygen atoms in total. The second-order valence-electron chi connectivity index (χ2n) is 4.48. The van der Waals surface area contributed by atoms with Crippen LogP contribution in [0.2, 0.25) is 0 Å². The van der Waals surface area contributed by atoms with Crippen molar-refractivity contribution in [3.05, 3.63) is 64.9 Å². The van der Waals surface area contributed by atoms with Gasteiger partial charge in [-0.3, -0.25) is 4.79 Å². The van der Waals surface area contributed by atoms with Crippen LogP contribution >= 0.6 is 11.3 Å². The number of nitrogens with zero attached hydrogens (tertiary/aromatic N) is 1. The lowest BCUT2D eigenvalue weighted by atomic mass is 10.2. The molecule has 0 saturated carbocycles. The first-order chi connectivity index (χ1) is 10.7. The average Bonchev–Trinajstić information content (AvgIpc) is 2.97. The number of benzene rings is 2. The molecule has 0 unspecified atom stereocenters. The topological polar surface area (TPSA) is 42.0 Å². The van der Waals surface area contributed by atoms with Crippen molar-refractivity contribution in [1.29, 1.82) is 0 Å². The summed E-state index contributed by atoms with van der Waals surface area (Å²) in [6.45, 7) is 0.214. The van der Waals surface area contributed by atoms with Crippen LogP contribution in [0.15, 0.2) is 48.5 Å². The summed E-state index contributed by atoms with van der Waals surface area (Å²) in [5.74, 6) is 5.15. The van der Waals surface area contributed by atoms with Crippen LogP contribution in [0.4, 0.5) is 4.39 Å². The number of para-hydroxylation sites is 1. The number of amides is 1. The standard InChI is InChI=1S/C17H11FN2OS/c18-13-9-7-12(8-10-13)4-3-11-19-16(21)17-20-14-5-1-2-6-15(14)22-17/h1-2,5-10H,11H2,(H,19,21). The summed E-state index contributed by atoms with van der Waals surface area (Å²) >= 11 is 1.35. The number of rotatable bonds is 2. The minimum atomic E-state index is -0.297. The molecule has 108 valence electrons. The van der Waals surface area contributed by atoms with E-state index in [0.29, 0.717) is 10.6 Å². The van der Waals surface area contributed by atoms with Crippen molar-refractivity contribution in [3.63, 3.8) is 0 Å². The predicted molar refractivity (Wildman–Crippen MR) is 85.2 cm³/mol. The van der Waals surface area contributed by atoms with Crippen LogP contribution < -0.4 is 5.32 Å². The highest BCUT2D eigenvalue weighted by atomic mass is 32.1. The van der Waals surface area contributed by atoms with Gasteiger partial charge in [-0.05, 0) is 36.4 Å². The molecule has 1 heterocycles. The summed E-state index contributed by atoms with van der Waals surface area (Å²) in [5.41, 5.74) is 1.52. The normalized spacial score (nSPS) is 10.0. The maximum atomic E-state index is 12.7. The zero-order chi connectivity index (χ0) is 15.4. The molecule has 0 aliphatic carbocycles. The van der Waals surface area contributed by atoms with Crippen molar-refractivity contribution >= 4 is 27.5 Å². The maximum Gasteiger partial charge on any atom is 0.281 e. The number of hydrogen-bond donors (Lipinski definition) is 1. The van der Waals surface area contributed by atoms with Gasteiger partial charge in [-0.2, -0.15) is 0 Å². The summed E-state index contributed by atoms with van der Waals surface area (Å²) in [4.78, 5) is 16.3. The SMILES string of the molecule is O=C(NCC#Cc1ccc(F)cc1)c1nc2ccccc2s1. The van der Waals surface area contributed by atoms with Gasteiger partial charge in [0.1, 0.15) is 5.82 Å². The molecular formula is C17H11FN2OS. The predicted octanol–water partition coefficient (Wildman–Crippen LogP) is 3.22. The highest BCUT2D eigenvalue weighted by molar-refractivity contribution is 7.20. The minimum Gasteiger partial charge on any atom is -0.339 e. The van der Waals surface area contributed by atoms with E-state index in [1.54, 1.807) is 12.1 Å². The molecule has 0 aliphatic heterocycles. The highest BCUT2D eigenvalue weighted by Crippen LogP contribution is 2.21. The highest BCUT2D eigenvalue weighted by Gasteiger charge is 2.10. The third-order valence-corrected chi connectivity index (χ3v) is 3.94. The number of aromatic nitrogens is 1. The van der Waals surface area contributed by atoms with E-state index in [1.165, 1.54) is 23.5 Å². The summed E-state index contributed by atoms with van der Waals surface area (Å²) in [6.07, 6.45) is 0. The van der Waals surface area contributed by atoms with E-state index in [9.17, 15) is 9.18 Å². The Labute approximate surface area is 130 Å². The second-order valence-corrected chi connectivity index (χ2v) is 5.51. The fraction of sp³-hybridized carbons (Fsp3) is 0.0588. The van der Waals surface area contributed by atoms with E-state index >= 15 is 0 Å². The van der Waals surface area contributed by atoms with Gasteiger partial charge in [-0.25, -0.2) is 9.37 Å². The van der Waals surface area contributed by atoms with Crippen molar-refractivity contribution < 1.29 is 9.18 Å². The number of carbonyl (C=O) groups is 1. The largest absolute Gasteiger partial charge is 0.339 e. The monoisotopic (exact) mass is 310 g/mol. The van der Waals surface area contributed by atoms with Crippen LogP contribution in [-0.4, -0.2) is 17.4 Å². The lowest BCUT2D eigenvalue weighted by Gasteiger charge is -1.95. The van der Waals surface area contributed by atoms with E-state index in [0.717, 1.165) is 10.2 Å². The van der Waals surface area contributed by atoms with Crippen molar-refractivity contribution in [2.45, 2.75) is 0 Å². The molecule has 5 heteroatoms. The first-order valence-corrected chi connectivity index (χ1v) is 7.42. The van der Waals surface area contributed by atoms with Gasteiger partial charge in [0.05, 0.1) is 16.8 Å². The first kappa shape index (κ1) is 14.2. The van der Waals surface area contributed by atoms with Gasteiger partial charge in [-0.1, -0.05) is 24.0 Å². The molecular weight excluding hydrogens is 299 g/mol. The van der Waals surface area contributed by atoms with Gasteiger partial charge in [0.25, 0.3) is 5.91 Å². The van der Waals surface area contributed by atoms with E-state index in [2.05, 4.69) is 22.1 Å². The molecule has 1 amide bonds. The molecule has 0 atom stereocenters. The quantitative estimate of drug-likeness (QED) is 0.739. The number of hydrogen-bond acceptors (Lipinski definition) is 3. The van der Waals surface area contributed by atoms with Crippen LogP contribution in [0.3, 0.4) is 0 Å². The maximum absolute atomic E-state index is 12.7. The minimum absolute atomic E-state index is 0.214. The lowest BCUT2D eigenvalue weighted by Crippen LogP contribution is -2.23.